The number of rotatable bonds is 15. The number of nitrogens with two attached hydrogens (primary N) is 6. The topological polar surface area (TPSA) is 380 Å². The van der Waals surface area contributed by atoms with Gasteiger partial charge in [-0.3, -0.25) is 28.8 Å². The summed E-state index contributed by atoms with van der Waals surface area (Å²) in [6.07, 6.45) is 1.37. The minimum Gasteiger partial charge on any atom is -0.481 e. The maximum absolute atomic E-state index is 10.1. The van der Waals surface area contributed by atoms with Crippen molar-refractivity contribution in [2.24, 2.45) is 34.4 Å². The Hall–Kier alpha value is -3.42. The molecular formula is C20H42N6O12. The van der Waals surface area contributed by atoms with Crippen LogP contribution >= 0.6 is 0 Å². The quantitative estimate of drug-likeness (QED) is 0.0857. The number of amides is 1. The molecule has 0 aliphatic rings. The van der Waals surface area contributed by atoms with Crippen LogP contribution in [0.1, 0.15) is 51.9 Å². The first kappa shape index (κ1) is 41.7. The molecule has 0 saturated heterocycles. The number of carbonyl (C=O) groups is 6. The van der Waals surface area contributed by atoms with Gasteiger partial charge in [0.2, 0.25) is 5.91 Å². The van der Waals surface area contributed by atoms with Crippen LogP contribution in [0.5, 0.6) is 0 Å². The van der Waals surface area contributed by atoms with E-state index in [0.29, 0.717) is 19.4 Å². The number of hydrogen-bond acceptors (Lipinski definition) is 12. The van der Waals surface area contributed by atoms with Crippen molar-refractivity contribution in [3.8, 4) is 0 Å². The summed E-state index contributed by atoms with van der Waals surface area (Å²) in [6.45, 7) is 1.94. The van der Waals surface area contributed by atoms with Gasteiger partial charge in [0.1, 0.15) is 24.2 Å². The molecule has 1 amide bonds. The molecule has 0 aromatic rings. The molecule has 18 nitrogen and oxygen atoms in total. The summed E-state index contributed by atoms with van der Waals surface area (Å²) in [5, 5.41) is 49.4. The molecule has 18 N–H and O–H groups in total. The zero-order valence-corrected chi connectivity index (χ0v) is 21.1. The number of unbranched alkanes of at least 4 members (excludes halogenated alkanes) is 1. The summed E-state index contributed by atoms with van der Waals surface area (Å²) in [5.74, 6) is -6.05. The molecule has 18 heteroatoms. The Labute approximate surface area is 218 Å². The second-order valence-electron chi connectivity index (χ2n) is 7.68. The van der Waals surface area contributed by atoms with Gasteiger partial charge in [0.05, 0.1) is 12.5 Å². The van der Waals surface area contributed by atoms with Crippen LogP contribution in [0.2, 0.25) is 0 Å². The molecule has 0 aromatic heterocycles. The van der Waals surface area contributed by atoms with Gasteiger partial charge in [0.15, 0.2) is 0 Å². The highest BCUT2D eigenvalue weighted by Crippen LogP contribution is 1.98. The summed E-state index contributed by atoms with van der Waals surface area (Å²) in [5.41, 5.74) is 30.0. The fourth-order valence-electron chi connectivity index (χ4n) is 1.74. The molecule has 2 unspecified atom stereocenters. The van der Waals surface area contributed by atoms with Crippen molar-refractivity contribution in [2.75, 3.05) is 6.54 Å². The third-order valence-corrected chi connectivity index (χ3v) is 4.05. The van der Waals surface area contributed by atoms with Crippen molar-refractivity contribution < 1.29 is 59.4 Å². The number of aliphatic hydroxyl groups is 1. The van der Waals surface area contributed by atoms with Gasteiger partial charge >= 0.3 is 29.8 Å². The molecule has 0 saturated carbocycles. The maximum Gasteiger partial charge on any atom is 0.323 e. The monoisotopic (exact) mass is 558 g/mol. The second kappa shape index (κ2) is 25.2. The lowest BCUT2D eigenvalue weighted by molar-refractivity contribution is -0.141. The summed E-state index contributed by atoms with van der Waals surface area (Å²) in [7, 11) is 0. The van der Waals surface area contributed by atoms with Crippen molar-refractivity contribution >= 4 is 35.8 Å². The third-order valence-electron chi connectivity index (χ3n) is 4.05. The molecule has 5 atom stereocenters. The number of carboxylic acids is 5. The molecule has 0 aliphatic heterocycles. The number of hydrogen-bond donors (Lipinski definition) is 12. The lowest BCUT2D eigenvalue weighted by Gasteiger charge is -2.06. The van der Waals surface area contributed by atoms with E-state index in [-0.39, 0.29) is 19.3 Å². The van der Waals surface area contributed by atoms with E-state index in [0.717, 1.165) is 12.8 Å². The number of aliphatic hydroxyl groups excluding tert-OH is 1. The molecule has 0 spiro atoms. The van der Waals surface area contributed by atoms with Crippen LogP contribution in [0, 0.1) is 0 Å². The first-order valence-corrected chi connectivity index (χ1v) is 11.1. The van der Waals surface area contributed by atoms with E-state index in [2.05, 4.69) is 5.73 Å². The fraction of sp³-hybridized carbons (Fsp3) is 0.700. The molecule has 224 valence electrons. The lowest BCUT2D eigenvalue weighted by atomic mass is 10.1. The fourth-order valence-corrected chi connectivity index (χ4v) is 1.74. The van der Waals surface area contributed by atoms with E-state index < -0.39 is 66.0 Å². The first-order valence-electron chi connectivity index (χ1n) is 11.1. The smallest absolute Gasteiger partial charge is 0.323 e. The van der Waals surface area contributed by atoms with Crippen LogP contribution in [0.3, 0.4) is 0 Å². The Morgan fingerprint density at radius 2 is 1.05 bits per heavy atom. The third kappa shape index (κ3) is 32.6. The molecule has 0 aliphatic carbocycles. The molecule has 0 radical (unpaired) electrons. The lowest BCUT2D eigenvalue weighted by Crippen LogP contribution is -2.39. The zero-order chi connectivity index (χ0) is 31.0. The number of carbonyl (C=O) groups excluding carboxylic acids is 1. The largest absolute Gasteiger partial charge is 0.481 e. The molecule has 0 fully saturated rings. The summed E-state index contributed by atoms with van der Waals surface area (Å²) in [4.78, 5) is 60.0. The van der Waals surface area contributed by atoms with Gasteiger partial charge in [-0.15, -0.1) is 0 Å². The Kier molecular flexibility index (Phi) is 27.7. The summed E-state index contributed by atoms with van der Waals surface area (Å²) >= 11 is 0. The van der Waals surface area contributed by atoms with Crippen molar-refractivity contribution in [2.45, 2.75) is 82.1 Å². The van der Waals surface area contributed by atoms with Crippen LogP contribution in [0.4, 0.5) is 0 Å². The Bertz CT molecular complexity index is 723. The van der Waals surface area contributed by atoms with Crippen LogP contribution in [0.15, 0.2) is 0 Å². The van der Waals surface area contributed by atoms with Crippen LogP contribution in [0.25, 0.3) is 0 Å². The highest BCUT2D eigenvalue weighted by molar-refractivity contribution is 5.83. The van der Waals surface area contributed by atoms with Crippen LogP contribution in [-0.2, 0) is 28.8 Å². The van der Waals surface area contributed by atoms with E-state index in [1.165, 1.54) is 6.92 Å². The van der Waals surface area contributed by atoms with E-state index in [1.54, 1.807) is 0 Å². The average molecular weight is 559 g/mol. The Balaban J connectivity index is -0.000000204. The van der Waals surface area contributed by atoms with Gasteiger partial charge < -0.3 is 65.0 Å². The second-order valence-corrected chi connectivity index (χ2v) is 7.68. The molecule has 0 aromatic carbocycles. The molecule has 0 bridgehead atoms. The molecule has 0 heterocycles. The Morgan fingerprint density at radius 1 is 0.658 bits per heavy atom. The van der Waals surface area contributed by atoms with Crippen molar-refractivity contribution in [3.05, 3.63) is 0 Å². The van der Waals surface area contributed by atoms with Gasteiger partial charge in [-0.25, -0.2) is 0 Å². The van der Waals surface area contributed by atoms with E-state index in [4.69, 9.17) is 59.3 Å². The zero-order valence-electron chi connectivity index (χ0n) is 21.1. The Morgan fingerprint density at radius 3 is 1.26 bits per heavy atom. The predicted molar refractivity (Wildman–Crippen MR) is 132 cm³/mol. The number of primary amides is 1. The minimum atomic E-state index is -1.21. The normalized spacial score (nSPS) is 13.7. The van der Waals surface area contributed by atoms with Gasteiger partial charge in [-0.2, -0.15) is 0 Å². The van der Waals surface area contributed by atoms with Crippen molar-refractivity contribution in [1.29, 1.82) is 0 Å². The minimum absolute atomic E-state index is 0.0268. The molecule has 0 rings (SSSR count). The van der Waals surface area contributed by atoms with Crippen LogP contribution < -0.4 is 34.4 Å². The van der Waals surface area contributed by atoms with Gasteiger partial charge in [-0.05, 0) is 39.2 Å². The molecule has 38 heavy (non-hydrogen) atoms. The SMILES string of the molecule is CC(O)[C@@H](N)C(=O)O.NC(=O)C[C@@H](N)C(=O)O.NC(CCCC(=O)O)C(=O)O.NCCCC[C@@H](N)C(=O)O. The van der Waals surface area contributed by atoms with E-state index in [1.807, 2.05) is 0 Å². The summed E-state index contributed by atoms with van der Waals surface area (Å²) in [6, 6.07) is -3.97. The summed E-state index contributed by atoms with van der Waals surface area (Å²) < 4.78 is 0. The van der Waals surface area contributed by atoms with Gasteiger partial charge in [0, 0.05) is 6.42 Å². The standard InChI is InChI=1S/C6H14N2O2.C6H11NO4.C4H8N2O3.C4H9NO3/c7-4-2-1-3-5(8)6(9)10;7-4(6(10)11)2-1-3-5(8)9;5-2(4(8)9)1-3(6)7;1-2(6)3(5)4(7)8/h5H,1-4,7-8H2,(H,9,10);4H,1-3,7H2,(H,8,9)(H,10,11);2H,1,5H2,(H2,6,7)(H,8,9);2-3,6H,5H2,1H3,(H,7,8)/t5-;;2-;2?,3-/m1.11/s1. The maximum atomic E-state index is 10.1. The van der Waals surface area contributed by atoms with E-state index >= 15 is 0 Å². The first-order chi connectivity index (χ1) is 17.3. The average Bonchev–Trinajstić information content (AvgIpc) is 2.78. The predicted octanol–water partition coefficient (Wildman–Crippen LogP) is -3.77. The highest BCUT2D eigenvalue weighted by Gasteiger charge is 2.16. The van der Waals surface area contributed by atoms with Gasteiger partial charge in [0.25, 0.3) is 0 Å². The van der Waals surface area contributed by atoms with Crippen molar-refractivity contribution in [3.63, 3.8) is 0 Å². The van der Waals surface area contributed by atoms with Crippen LogP contribution in [-0.4, -0.2) is 103 Å². The van der Waals surface area contributed by atoms with Crippen molar-refractivity contribution in [1.82, 2.24) is 0 Å². The van der Waals surface area contributed by atoms with Gasteiger partial charge in [-0.1, -0.05) is 6.42 Å². The number of aliphatic carboxylic acids is 5. The highest BCUT2D eigenvalue weighted by atomic mass is 16.4. The number of carboxylic acid groups (broad SMARTS) is 5. The van der Waals surface area contributed by atoms with E-state index in [9.17, 15) is 28.8 Å². The molecular weight excluding hydrogens is 516 g/mol.